The standard InChI is InChI=1S/C41H69NO7/c1-6-8-10-12-14-16-17-18-19-20-21-22-24-26-28-30-32-40(44)49-37(35-47-34-33-38(41(45)46)42(3,4)5)36-48-39(43)31-29-27-25-23-15-13-11-9-7-2/h9,11,15,19-23,27,29,37-38H,6-8,10,12-14,16-18,24-26,28,30-36H2,1-5H3/b11-9+,20-19+,22-21+,23-15+,29-27+. The van der Waals surface area contributed by atoms with Gasteiger partial charge in [-0.3, -0.25) is 9.59 Å². The van der Waals surface area contributed by atoms with E-state index < -0.39 is 24.1 Å². The minimum atomic E-state index is -1.14. The smallest absolute Gasteiger partial charge is 0.309 e. The van der Waals surface area contributed by atoms with Gasteiger partial charge in [0, 0.05) is 12.8 Å². The number of carbonyl (C=O) groups excluding carboxylic acids is 3. The zero-order valence-corrected chi connectivity index (χ0v) is 31.6. The number of ether oxygens (including phenoxy) is 3. The number of nitrogens with zero attached hydrogens (tertiary/aromatic N) is 1. The number of carboxylic acid groups (broad SMARTS) is 1. The lowest BCUT2D eigenvalue weighted by Crippen LogP contribution is -2.55. The van der Waals surface area contributed by atoms with Crippen molar-refractivity contribution in [1.82, 2.24) is 0 Å². The number of likely N-dealkylation sites (N-methyl/N-ethyl adjacent to an activating group) is 1. The fourth-order valence-corrected chi connectivity index (χ4v) is 5.00. The highest BCUT2D eigenvalue weighted by Gasteiger charge is 2.25. The highest BCUT2D eigenvalue weighted by Crippen LogP contribution is 2.11. The van der Waals surface area contributed by atoms with Gasteiger partial charge >= 0.3 is 11.9 Å². The molecule has 0 aromatic heterocycles. The van der Waals surface area contributed by atoms with Gasteiger partial charge < -0.3 is 28.6 Å². The van der Waals surface area contributed by atoms with Gasteiger partial charge in [0.05, 0.1) is 46.7 Å². The molecule has 0 fully saturated rings. The Morgan fingerprint density at radius 2 is 1.24 bits per heavy atom. The van der Waals surface area contributed by atoms with Crippen LogP contribution in [0.4, 0.5) is 0 Å². The molecule has 8 heteroatoms. The van der Waals surface area contributed by atoms with Gasteiger partial charge in [-0.1, -0.05) is 120 Å². The summed E-state index contributed by atoms with van der Waals surface area (Å²) in [5.41, 5.74) is 0. The summed E-state index contributed by atoms with van der Waals surface area (Å²) in [7, 11) is 5.35. The summed E-state index contributed by atoms with van der Waals surface area (Å²) in [6.07, 6.45) is 37.2. The number of carbonyl (C=O) groups is 3. The monoisotopic (exact) mass is 688 g/mol. The topological polar surface area (TPSA) is 102 Å². The summed E-state index contributed by atoms with van der Waals surface area (Å²) >= 11 is 0. The summed E-state index contributed by atoms with van der Waals surface area (Å²) in [6, 6.07) is -0.742. The number of aliphatic carboxylic acids is 1. The van der Waals surface area contributed by atoms with Crippen LogP contribution in [-0.2, 0) is 28.6 Å². The highest BCUT2D eigenvalue weighted by molar-refractivity contribution is 5.71. The van der Waals surface area contributed by atoms with Crippen molar-refractivity contribution in [3.8, 4) is 0 Å². The van der Waals surface area contributed by atoms with Gasteiger partial charge in [-0.25, -0.2) is 0 Å². The normalized spacial score (nSPS) is 13.7. The lowest BCUT2D eigenvalue weighted by atomic mass is 10.1. The molecule has 0 saturated heterocycles. The number of hydrogen-bond acceptors (Lipinski definition) is 7. The zero-order valence-electron chi connectivity index (χ0n) is 31.6. The van der Waals surface area contributed by atoms with Gasteiger partial charge in [-0.2, -0.15) is 0 Å². The summed E-state index contributed by atoms with van der Waals surface area (Å²) < 4.78 is 16.9. The quantitative estimate of drug-likeness (QED) is 0.0231. The average Bonchev–Trinajstić information content (AvgIpc) is 3.05. The van der Waals surface area contributed by atoms with E-state index >= 15 is 0 Å². The van der Waals surface area contributed by atoms with Gasteiger partial charge in [0.1, 0.15) is 12.6 Å². The van der Waals surface area contributed by atoms with E-state index in [1.54, 1.807) is 27.2 Å². The molecular weight excluding hydrogens is 618 g/mol. The first-order valence-electron chi connectivity index (χ1n) is 18.8. The number of unbranched alkanes of at least 4 members (excludes halogenated alkanes) is 10. The number of esters is 2. The van der Waals surface area contributed by atoms with E-state index in [4.69, 9.17) is 14.2 Å². The Kier molecular flexibility index (Phi) is 30.3. The van der Waals surface area contributed by atoms with Crippen LogP contribution in [0.3, 0.4) is 0 Å². The van der Waals surface area contributed by atoms with Crippen molar-refractivity contribution in [2.75, 3.05) is 41.0 Å². The molecule has 0 rings (SSSR count). The number of hydrogen-bond donors (Lipinski definition) is 0. The second kappa shape index (κ2) is 32.2. The first-order chi connectivity index (χ1) is 23.6. The van der Waals surface area contributed by atoms with Crippen molar-refractivity contribution in [3.05, 3.63) is 60.8 Å². The maximum absolute atomic E-state index is 12.6. The third-order valence-corrected chi connectivity index (χ3v) is 7.95. The molecule has 8 nitrogen and oxygen atoms in total. The van der Waals surface area contributed by atoms with Gasteiger partial charge in [0.2, 0.25) is 0 Å². The number of quaternary nitrogens is 1. The van der Waals surface area contributed by atoms with Crippen LogP contribution in [0.2, 0.25) is 0 Å². The molecule has 0 spiro atoms. The molecule has 0 saturated carbocycles. The molecular formula is C41H69NO7. The summed E-state index contributed by atoms with van der Waals surface area (Å²) in [5.74, 6) is -1.93. The Morgan fingerprint density at radius 1 is 0.673 bits per heavy atom. The van der Waals surface area contributed by atoms with Gasteiger partial charge in [-0.15, -0.1) is 0 Å². The van der Waals surface area contributed by atoms with Crippen LogP contribution in [0.5, 0.6) is 0 Å². The van der Waals surface area contributed by atoms with Gasteiger partial charge in [-0.05, 0) is 51.4 Å². The molecule has 2 unspecified atom stereocenters. The largest absolute Gasteiger partial charge is 0.544 e. The fraction of sp³-hybridized carbons (Fsp3) is 0.683. The molecule has 49 heavy (non-hydrogen) atoms. The van der Waals surface area contributed by atoms with E-state index in [1.165, 1.54) is 44.9 Å². The molecule has 0 aliphatic carbocycles. The van der Waals surface area contributed by atoms with Crippen LogP contribution >= 0.6 is 0 Å². The van der Waals surface area contributed by atoms with E-state index in [1.807, 2.05) is 12.2 Å². The third-order valence-electron chi connectivity index (χ3n) is 7.95. The summed E-state index contributed by atoms with van der Waals surface area (Å²) in [5, 5.41) is 11.6. The van der Waals surface area contributed by atoms with Gasteiger partial charge in [0.25, 0.3) is 0 Å². The maximum atomic E-state index is 12.6. The second-order valence-corrected chi connectivity index (χ2v) is 13.5. The molecule has 0 aromatic carbocycles. The number of rotatable bonds is 32. The third kappa shape index (κ3) is 30.8. The highest BCUT2D eigenvalue weighted by atomic mass is 16.6. The zero-order chi connectivity index (χ0) is 36.4. The van der Waals surface area contributed by atoms with Crippen molar-refractivity contribution in [1.29, 1.82) is 0 Å². The molecule has 0 aromatic rings. The summed E-state index contributed by atoms with van der Waals surface area (Å²) in [4.78, 5) is 36.5. The minimum Gasteiger partial charge on any atom is -0.544 e. The van der Waals surface area contributed by atoms with Crippen molar-refractivity contribution in [2.24, 2.45) is 0 Å². The number of carboxylic acids is 1. The average molecular weight is 688 g/mol. The minimum absolute atomic E-state index is 0.000311. The predicted molar refractivity (Wildman–Crippen MR) is 199 cm³/mol. The van der Waals surface area contributed by atoms with Crippen LogP contribution in [0.25, 0.3) is 0 Å². The van der Waals surface area contributed by atoms with Crippen LogP contribution in [0, 0.1) is 0 Å². The lowest BCUT2D eigenvalue weighted by Gasteiger charge is -2.34. The molecule has 0 heterocycles. The van der Waals surface area contributed by atoms with Crippen LogP contribution in [0.15, 0.2) is 60.8 Å². The van der Waals surface area contributed by atoms with E-state index in [2.05, 4.69) is 56.4 Å². The first kappa shape index (κ1) is 46.0. The Morgan fingerprint density at radius 3 is 1.84 bits per heavy atom. The van der Waals surface area contributed by atoms with Crippen LogP contribution in [0.1, 0.15) is 129 Å². The van der Waals surface area contributed by atoms with E-state index in [0.717, 1.165) is 44.9 Å². The lowest BCUT2D eigenvalue weighted by molar-refractivity contribution is -0.889. The Balaban J connectivity index is 4.55. The van der Waals surface area contributed by atoms with Crippen molar-refractivity contribution >= 4 is 17.9 Å². The molecule has 0 radical (unpaired) electrons. The Bertz CT molecular complexity index is 990. The van der Waals surface area contributed by atoms with E-state index in [9.17, 15) is 19.5 Å². The number of allylic oxidation sites excluding steroid dienone is 9. The fourth-order valence-electron chi connectivity index (χ4n) is 5.00. The Labute approximate surface area is 298 Å². The van der Waals surface area contributed by atoms with E-state index in [0.29, 0.717) is 6.42 Å². The SMILES string of the molecule is CC/C=C/C/C=C/C/C=C/CC(=O)OCC(COCCC(C(=O)[O-])[N+](C)(C)C)OC(=O)CCCCC/C=C/C=C/CCCCCCCCC. The van der Waals surface area contributed by atoms with Crippen LogP contribution < -0.4 is 5.11 Å². The van der Waals surface area contributed by atoms with E-state index in [-0.39, 0.29) is 49.5 Å². The molecule has 280 valence electrons. The Hall–Kier alpha value is -2.97. The summed E-state index contributed by atoms with van der Waals surface area (Å²) in [6.45, 7) is 4.36. The molecule has 0 amide bonds. The van der Waals surface area contributed by atoms with Gasteiger partial charge in [0.15, 0.2) is 6.10 Å². The molecule has 0 bridgehead atoms. The first-order valence-corrected chi connectivity index (χ1v) is 18.8. The van der Waals surface area contributed by atoms with Crippen molar-refractivity contribution in [2.45, 2.75) is 142 Å². The van der Waals surface area contributed by atoms with Crippen molar-refractivity contribution in [3.63, 3.8) is 0 Å². The maximum Gasteiger partial charge on any atom is 0.309 e. The predicted octanol–water partition coefficient (Wildman–Crippen LogP) is 8.13. The second-order valence-electron chi connectivity index (χ2n) is 13.5. The molecule has 2 atom stereocenters. The molecule has 0 aliphatic rings. The molecule has 0 N–H and O–H groups in total. The van der Waals surface area contributed by atoms with Crippen LogP contribution in [-0.4, -0.2) is 75.5 Å². The van der Waals surface area contributed by atoms with Crippen molar-refractivity contribution < 1.29 is 38.2 Å². The molecule has 0 aliphatic heterocycles.